The monoisotopic (exact) mass is 292 g/mol. The smallest absolute Gasteiger partial charge is 0.314 e. The van der Waals surface area contributed by atoms with Crippen LogP contribution in [0.2, 0.25) is 0 Å². The second kappa shape index (κ2) is 8.06. The maximum absolute atomic E-state index is 12.2. The molecule has 0 heterocycles. The van der Waals surface area contributed by atoms with Crippen molar-refractivity contribution in [2.24, 2.45) is 5.92 Å². The Kier molecular flexibility index (Phi) is 6.73. The number of phenolic OH excluding ortho intramolecular Hbond substituents is 1. The average molecular weight is 292 g/mol. The minimum atomic E-state index is -0.848. The third kappa shape index (κ3) is 3.99. The largest absolute Gasteiger partial charge is 0.508 e. The minimum Gasteiger partial charge on any atom is -0.508 e. The van der Waals surface area contributed by atoms with Gasteiger partial charge in [0.25, 0.3) is 0 Å². The fourth-order valence-corrected chi connectivity index (χ4v) is 3.09. The first-order valence-corrected chi connectivity index (χ1v) is 8.01. The Balaban J connectivity index is 3.22. The maximum Gasteiger partial charge on any atom is 0.314 e. The molecule has 0 aliphatic rings. The van der Waals surface area contributed by atoms with Crippen LogP contribution in [0.5, 0.6) is 5.75 Å². The summed E-state index contributed by atoms with van der Waals surface area (Å²) < 4.78 is 0. The van der Waals surface area contributed by atoms with Crippen LogP contribution in [-0.2, 0) is 10.2 Å². The van der Waals surface area contributed by atoms with Gasteiger partial charge in [-0.2, -0.15) is 0 Å². The lowest BCUT2D eigenvalue weighted by molar-refractivity contribution is -0.146. The van der Waals surface area contributed by atoms with Gasteiger partial charge in [-0.1, -0.05) is 58.6 Å². The van der Waals surface area contributed by atoms with Gasteiger partial charge >= 0.3 is 5.97 Å². The molecule has 1 rings (SSSR count). The van der Waals surface area contributed by atoms with Crippen LogP contribution >= 0.6 is 0 Å². The lowest BCUT2D eigenvalue weighted by Crippen LogP contribution is -2.42. The number of carbonyl (C=O) groups is 1. The van der Waals surface area contributed by atoms with Crippen LogP contribution in [0.1, 0.15) is 64.9 Å². The first-order chi connectivity index (χ1) is 9.98. The number of aromatic hydroxyl groups is 1. The van der Waals surface area contributed by atoms with Gasteiger partial charge in [0.15, 0.2) is 0 Å². The van der Waals surface area contributed by atoms with Gasteiger partial charge in [-0.15, -0.1) is 0 Å². The van der Waals surface area contributed by atoms with Crippen LogP contribution in [0, 0.1) is 5.92 Å². The van der Waals surface area contributed by atoms with Gasteiger partial charge in [0.1, 0.15) is 5.75 Å². The Morgan fingerprint density at radius 1 is 1.14 bits per heavy atom. The van der Waals surface area contributed by atoms with Crippen molar-refractivity contribution in [3.05, 3.63) is 29.8 Å². The van der Waals surface area contributed by atoms with Gasteiger partial charge in [0.2, 0.25) is 0 Å². The molecule has 0 spiro atoms. The number of carboxylic acid groups (broad SMARTS) is 1. The number of aliphatic carboxylic acids is 1. The summed E-state index contributed by atoms with van der Waals surface area (Å²) in [5, 5.41) is 19.5. The molecule has 0 aromatic heterocycles. The van der Waals surface area contributed by atoms with E-state index in [-0.39, 0.29) is 11.7 Å². The Hall–Kier alpha value is -1.51. The highest BCUT2D eigenvalue weighted by molar-refractivity contribution is 5.82. The summed E-state index contributed by atoms with van der Waals surface area (Å²) in [6.45, 7) is 6.26. The van der Waals surface area contributed by atoms with E-state index in [4.69, 9.17) is 0 Å². The molecule has 0 radical (unpaired) electrons. The number of rotatable bonds is 9. The molecule has 0 saturated heterocycles. The standard InChI is InChI=1S/C18H28O3/c1-4-6-8-14(3)18(17(20)21,13-7-5-2)15-9-11-16(19)12-10-15/h9-12,14,19H,4-8,13H2,1-3H3,(H,20,21). The fraction of sp³-hybridized carbons (Fsp3) is 0.611. The van der Waals surface area contributed by atoms with E-state index < -0.39 is 11.4 Å². The van der Waals surface area contributed by atoms with Crippen LogP contribution < -0.4 is 0 Å². The molecule has 3 nitrogen and oxygen atoms in total. The molecule has 21 heavy (non-hydrogen) atoms. The van der Waals surface area contributed by atoms with Crippen molar-refractivity contribution in [3.63, 3.8) is 0 Å². The van der Waals surface area contributed by atoms with Crippen LogP contribution in [0.15, 0.2) is 24.3 Å². The molecular formula is C18H28O3. The first-order valence-electron chi connectivity index (χ1n) is 8.01. The molecule has 1 aromatic carbocycles. The molecule has 2 N–H and O–H groups in total. The van der Waals surface area contributed by atoms with Gasteiger partial charge in [-0.3, -0.25) is 4.79 Å². The molecule has 0 amide bonds. The van der Waals surface area contributed by atoms with E-state index in [1.165, 1.54) is 0 Å². The van der Waals surface area contributed by atoms with Crippen molar-refractivity contribution in [1.82, 2.24) is 0 Å². The highest BCUT2D eigenvalue weighted by Gasteiger charge is 2.44. The SMILES string of the molecule is CCCCC(C)C(CCCC)(C(=O)O)c1ccc(O)cc1. The van der Waals surface area contributed by atoms with Gasteiger partial charge in [-0.25, -0.2) is 0 Å². The van der Waals surface area contributed by atoms with Crippen molar-refractivity contribution in [2.45, 2.75) is 64.7 Å². The van der Waals surface area contributed by atoms with Crippen LogP contribution in [0.3, 0.4) is 0 Å². The molecule has 3 heteroatoms. The molecule has 2 unspecified atom stereocenters. The Bertz CT molecular complexity index is 438. The van der Waals surface area contributed by atoms with Gasteiger partial charge in [0, 0.05) is 0 Å². The molecule has 0 fully saturated rings. The molecule has 0 aliphatic carbocycles. The number of phenols is 1. The lowest BCUT2D eigenvalue weighted by Gasteiger charge is -2.36. The molecule has 2 atom stereocenters. The highest BCUT2D eigenvalue weighted by atomic mass is 16.4. The van der Waals surface area contributed by atoms with E-state index in [1.54, 1.807) is 24.3 Å². The van der Waals surface area contributed by atoms with Crippen LogP contribution in [0.25, 0.3) is 0 Å². The molecule has 0 saturated carbocycles. The first kappa shape index (κ1) is 17.5. The van der Waals surface area contributed by atoms with E-state index in [1.807, 2.05) is 6.92 Å². The van der Waals surface area contributed by atoms with E-state index in [0.29, 0.717) is 6.42 Å². The molecule has 0 bridgehead atoms. The maximum atomic E-state index is 12.2. The minimum absolute atomic E-state index is 0.0750. The summed E-state index contributed by atoms with van der Waals surface area (Å²) in [6, 6.07) is 6.71. The van der Waals surface area contributed by atoms with Gasteiger partial charge in [-0.05, 0) is 36.5 Å². The Labute approximate surface area is 128 Å². The third-order valence-electron chi connectivity index (χ3n) is 4.52. The third-order valence-corrected chi connectivity index (χ3v) is 4.52. The summed E-state index contributed by atoms with van der Waals surface area (Å²) in [5.74, 6) is -0.494. The Morgan fingerprint density at radius 3 is 2.19 bits per heavy atom. The summed E-state index contributed by atoms with van der Waals surface area (Å²) >= 11 is 0. The average Bonchev–Trinajstić information content (AvgIpc) is 2.47. The zero-order valence-electron chi connectivity index (χ0n) is 13.4. The number of carboxylic acids is 1. The van der Waals surface area contributed by atoms with Crippen molar-refractivity contribution in [1.29, 1.82) is 0 Å². The molecule has 1 aromatic rings. The summed E-state index contributed by atoms with van der Waals surface area (Å²) in [5.41, 5.74) is -0.0383. The van der Waals surface area contributed by atoms with Gasteiger partial charge in [0.05, 0.1) is 5.41 Å². The number of hydrogen-bond donors (Lipinski definition) is 2. The molecular weight excluding hydrogens is 264 g/mol. The number of hydrogen-bond acceptors (Lipinski definition) is 2. The summed E-state index contributed by atoms with van der Waals surface area (Å²) in [6.07, 6.45) is 5.54. The van der Waals surface area contributed by atoms with Crippen LogP contribution in [0.4, 0.5) is 0 Å². The predicted octanol–water partition coefficient (Wildman–Crippen LogP) is 4.73. The second-order valence-electron chi connectivity index (χ2n) is 5.97. The van der Waals surface area contributed by atoms with Crippen LogP contribution in [-0.4, -0.2) is 16.2 Å². The fourth-order valence-electron chi connectivity index (χ4n) is 3.09. The predicted molar refractivity (Wildman–Crippen MR) is 85.6 cm³/mol. The normalized spacial score (nSPS) is 15.4. The quantitative estimate of drug-likeness (QED) is 0.691. The second-order valence-corrected chi connectivity index (χ2v) is 5.97. The topological polar surface area (TPSA) is 57.5 Å². The van der Waals surface area contributed by atoms with Crippen molar-refractivity contribution in [2.75, 3.05) is 0 Å². The van der Waals surface area contributed by atoms with Gasteiger partial charge < -0.3 is 10.2 Å². The van der Waals surface area contributed by atoms with Crippen molar-refractivity contribution < 1.29 is 15.0 Å². The molecule has 0 aliphatic heterocycles. The van der Waals surface area contributed by atoms with Crippen molar-refractivity contribution in [3.8, 4) is 5.75 Å². The number of unbranched alkanes of at least 4 members (excludes halogenated alkanes) is 2. The summed E-state index contributed by atoms with van der Waals surface area (Å²) in [7, 11) is 0. The molecule has 118 valence electrons. The van der Waals surface area contributed by atoms with Crippen molar-refractivity contribution >= 4 is 5.97 Å². The lowest BCUT2D eigenvalue weighted by atomic mass is 9.66. The van der Waals surface area contributed by atoms with E-state index in [9.17, 15) is 15.0 Å². The zero-order valence-corrected chi connectivity index (χ0v) is 13.4. The van der Waals surface area contributed by atoms with E-state index in [2.05, 4.69) is 13.8 Å². The zero-order chi connectivity index (χ0) is 15.9. The number of benzene rings is 1. The summed E-state index contributed by atoms with van der Waals surface area (Å²) in [4.78, 5) is 12.2. The highest BCUT2D eigenvalue weighted by Crippen LogP contribution is 2.40. The van der Waals surface area contributed by atoms with E-state index in [0.717, 1.165) is 37.7 Å². The Morgan fingerprint density at radius 2 is 1.71 bits per heavy atom. The van der Waals surface area contributed by atoms with E-state index >= 15 is 0 Å².